The molecule has 0 aliphatic heterocycles. The Labute approximate surface area is 193 Å². The normalized spacial score (nSPS) is 10.7. The molecule has 31 heavy (non-hydrogen) atoms. The first-order valence-electron chi connectivity index (χ1n) is 9.81. The van der Waals surface area contributed by atoms with Crippen molar-refractivity contribution in [3.05, 3.63) is 64.4 Å². The van der Waals surface area contributed by atoms with Gasteiger partial charge in [-0.2, -0.15) is 0 Å². The van der Waals surface area contributed by atoms with Crippen LogP contribution in [0.1, 0.15) is 30.0 Å². The van der Waals surface area contributed by atoms with Crippen LogP contribution in [0.4, 0.5) is 0 Å². The summed E-state index contributed by atoms with van der Waals surface area (Å²) in [5.74, 6) is 1.64. The highest BCUT2D eigenvalue weighted by Gasteiger charge is 2.17. The Balaban J connectivity index is 1.81. The summed E-state index contributed by atoms with van der Waals surface area (Å²) in [5, 5.41) is 12.0. The highest BCUT2D eigenvalue weighted by molar-refractivity contribution is 9.10. The molecule has 3 rings (SSSR count). The molecular formula is C22H23BrN4O3S. The molecule has 2 aromatic carbocycles. The summed E-state index contributed by atoms with van der Waals surface area (Å²) in [5.41, 5.74) is 1.51. The lowest BCUT2D eigenvalue weighted by Gasteiger charge is -2.11. The van der Waals surface area contributed by atoms with Gasteiger partial charge in [0.25, 0.3) is 0 Å². The summed E-state index contributed by atoms with van der Waals surface area (Å²) in [7, 11) is 0. The Morgan fingerprint density at radius 3 is 2.45 bits per heavy atom. The molecule has 0 unspecified atom stereocenters. The number of rotatable bonds is 10. The number of hydrogen-bond donors (Lipinski definition) is 1. The Hall–Kier alpha value is -2.65. The minimum absolute atomic E-state index is 0.0125. The Bertz CT molecular complexity index is 1040. The largest absolute Gasteiger partial charge is 0.494 e. The van der Waals surface area contributed by atoms with Crippen molar-refractivity contribution in [2.24, 2.45) is 0 Å². The topological polar surface area (TPSA) is 86.1 Å². The predicted molar refractivity (Wildman–Crippen MR) is 124 cm³/mol. The highest BCUT2D eigenvalue weighted by Crippen LogP contribution is 2.25. The molecule has 0 aliphatic carbocycles. The van der Waals surface area contributed by atoms with Crippen molar-refractivity contribution in [3.8, 4) is 11.4 Å². The van der Waals surface area contributed by atoms with E-state index in [1.165, 1.54) is 18.7 Å². The third-order valence-corrected chi connectivity index (χ3v) is 5.79. The minimum Gasteiger partial charge on any atom is -0.494 e. The van der Waals surface area contributed by atoms with Crippen molar-refractivity contribution >= 4 is 39.4 Å². The molecule has 1 amide bonds. The number of carbonyl (C=O) groups excluding carboxylic acids is 2. The summed E-state index contributed by atoms with van der Waals surface area (Å²) >= 11 is 4.71. The van der Waals surface area contributed by atoms with Crippen LogP contribution in [0.15, 0.2) is 58.2 Å². The van der Waals surface area contributed by atoms with Crippen molar-refractivity contribution in [2.45, 2.75) is 25.4 Å². The molecular weight excluding hydrogens is 480 g/mol. The van der Waals surface area contributed by atoms with Gasteiger partial charge in [-0.1, -0.05) is 39.8 Å². The lowest BCUT2D eigenvalue weighted by Crippen LogP contribution is -2.23. The van der Waals surface area contributed by atoms with E-state index in [0.717, 1.165) is 15.9 Å². The maximum Gasteiger partial charge on any atom is 0.216 e. The summed E-state index contributed by atoms with van der Waals surface area (Å²) in [6, 6.07) is 14.9. The third kappa shape index (κ3) is 6.41. The molecule has 0 saturated heterocycles. The van der Waals surface area contributed by atoms with E-state index in [9.17, 15) is 9.59 Å². The number of ether oxygens (including phenoxy) is 1. The van der Waals surface area contributed by atoms with E-state index in [4.69, 9.17) is 4.74 Å². The second-order valence-corrected chi connectivity index (χ2v) is 8.47. The Kier molecular flexibility index (Phi) is 8.25. The number of nitrogens with one attached hydrogen (secondary N) is 1. The van der Waals surface area contributed by atoms with Crippen LogP contribution in [0.25, 0.3) is 5.69 Å². The molecule has 9 heteroatoms. The molecule has 0 radical (unpaired) electrons. The number of ketones is 1. The molecule has 0 bridgehead atoms. The SMILES string of the molecule is CCOc1ccc(-n2c(CCNC(C)=O)nnc2SCC(=O)c2ccc(Br)cc2)cc1. The molecule has 0 fully saturated rings. The van der Waals surface area contributed by atoms with E-state index in [1.54, 1.807) is 12.1 Å². The lowest BCUT2D eigenvalue weighted by atomic mass is 10.2. The molecule has 162 valence electrons. The van der Waals surface area contributed by atoms with Crippen LogP contribution in [0, 0.1) is 0 Å². The molecule has 1 aromatic heterocycles. The molecule has 0 atom stereocenters. The van der Waals surface area contributed by atoms with Gasteiger partial charge in [0.05, 0.1) is 12.4 Å². The lowest BCUT2D eigenvalue weighted by molar-refractivity contribution is -0.118. The first-order valence-corrected chi connectivity index (χ1v) is 11.6. The van der Waals surface area contributed by atoms with Crippen LogP contribution in [0.3, 0.4) is 0 Å². The van der Waals surface area contributed by atoms with Gasteiger partial charge in [-0.3, -0.25) is 14.2 Å². The van der Waals surface area contributed by atoms with Gasteiger partial charge in [0.2, 0.25) is 5.91 Å². The average Bonchev–Trinajstić information content (AvgIpc) is 3.16. The van der Waals surface area contributed by atoms with Crippen molar-refractivity contribution in [2.75, 3.05) is 18.9 Å². The number of hydrogen-bond acceptors (Lipinski definition) is 6. The molecule has 0 aliphatic rings. The Morgan fingerprint density at radius 1 is 1.10 bits per heavy atom. The number of aromatic nitrogens is 3. The van der Waals surface area contributed by atoms with Gasteiger partial charge in [-0.25, -0.2) is 0 Å². The summed E-state index contributed by atoms with van der Waals surface area (Å²) in [4.78, 5) is 23.8. The van der Waals surface area contributed by atoms with E-state index in [-0.39, 0.29) is 17.4 Å². The average molecular weight is 503 g/mol. The number of benzene rings is 2. The second kappa shape index (κ2) is 11.1. The van der Waals surface area contributed by atoms with Crippen LogP contribution >= 0.6 is 27.7 Å². The number of nitrogens with zero attached hydrogens (tertiary/aromatic N) is 3. The number of amides is 1. The second-order valence-electron chi connectivity index (χ2n) is 6.61. The van der Waals surface area contributed by atoms with E-state index >= 15 is 0 Å². The maximum atomic E-state index is 12.6. The fourth-order valence-electron chi connectivity index (χ4n) is 2.87. The number of carbonyl (C=O) groups is 2. The summed E-state index contributed by atoms with van der Waals surface area (Å²) < 4.78 is 8.37. The Morgan fingerprint density at radius 2 is 1.81 bits per heavy atom. The molecule has 1 N–H and O–H groups in total. The van der Waals surface area contributed by atoms with E-state index in [1.807, 2.05) is 47.9 Å². The zero-order valence-electron chi connectivity index (χ0n) is 17.3. The van der Waals surface area contributed by atoms with Crippen LogP contribution in [-0.4, -0.2) is 45.4 Å². The van der Waals surface area contributed by atoms with Crippen molar-refractivity contribution in [1.29, 1.82) is 0 Å². The van der Waals surface area contributed by atoms with Gasteiger partial charge in [0.15, 0.2) is 10.9 Å². The number of thioether (sulfide) groups is 1. The van der Waals surface area contributed by atoms with Gasteiger partial charge in [-0.15, -0.1) is 10.2 Å². The van der Waals surface area contributed by atoms with E-state index in [0.29, 0.717) is 36.1 Å². The van der Waals surface area contributed by atoms with Crippen LogP contribution < -0.4 is 10.1 Å². The van der Waals surface area contributed by atoms with Crippen molar-refractivity contribution in [1.82, 2.24) is 20.1 Å². The highest BCUT2D eigenvalue weighted by atomic mass is 79.9. The van der Waals surface area contributed by atoms with Crippen molar-refractivity contribution < 1.29 is 14.3 Å². The maximum absolute atomic E-state index is 12.6. The number of Topliss-reactive ketones (excluding diaryl/α,β-unsaturated/α-hetero) is 1. The van der Waals surface area contributed by atoms with E-state index in [2.05, 4.69) is 31.4 Å². The fourth-order valence-corrected chi connectivity index (χ4v) is 4.00. The quantitative estimate of drug-likeness (QED) is 0.332. The summed E-state index contributed by atoms with van der Waals surface area (Å²) in [6.07, 6.45) is 0.515. The standard InChI is InChI=1S/C22H23BrN4O3S/c1-3-30-19-10-8-18(9-11-19)27-21(12-13-24-15(2)28)25-26-22(27)31-14-20(29)16-4-6-17(23)7-5-16/h4-11H,3,12-14H2,1-2H3,(H,24,28). The first-order chi connectivity index (χ1) is 15.0. The zero-order chi connectivity index (χ0) is 22.2. The van der Waals surface area contributed by atoms with Crippen molar-refractivity contribution in [3.63, 3.8) is 0 Å². The number of halogens is 1. The van der Waals surface area contributed by atoms with Gasteiger partial charge < -0.3 is 10.1 Å². The zero-order valence-corrected chi connectivity index (χ0v) is 19.7. The van der Waals surface area contributed by atoms with Crippen LogP contribution in [-0.2, 0) is 11.2 Å². The minimum atomic E-state index is -0.0955. The van der Waals surface area contributed by atoms with Crippen LogP contribution in [0.2, 0.25) is 0 Å². The monoisotopic (exact) mass is 502 g/mol. The van der Waals surface area contributed by atoms with Gasteiger partial charge >= 0.3 is 0 Å². The third-order valence-electron chi connectivity index (χ3n) is 4.33. The van der Waals surface area contributed by atoms with Crippen LogP contribution in [0.5, 0.6) is 5.75 Å². The van der Waals surface area contributed by atoms with Gasteiger partial charge in [-0.05, 0) is 43.3 Å². The van der Waals surface area contributed by atoms with Gasteiger partial charge in [0, 0.05) is 35.6 Å². The molecule has 0 saturated carbocycles. The fraction of sp³-hybridized carbons (Fsp3) is 0.273. The molecule has 0 spiro atoms. The predicted octanol–water partition coefficient (Wildman–Crippen LogP) is 4.08. The first kappa shape index (κ1) is 23.0. The summed E-state index contributed by atoms with van der Waals surface area (Å²) in [6.45, 7) is 4.46. The molecule has 3 aromatic rings. The van der Waals surface area contributed by atoms with Gasteiger partial charge in [0.1, 0.15) is 11.6 Å². The molecule has 7 nitrogen and oxygen atoms in total. The van der Waals surface area contributed by atoms with E-state index < -0.39 is 0 Å². The molecule has 1 heterocycles. The smallest absolute Gasteiger partial charge is 0.216 e.